The Hall–Kier alpha value is -3.22. The Balaban J connectivity index is 2.10. The van der Waals surface area contributed by atoms with Gasteiger partial charge in [-0.2, -0.15) is 5.10 Å². The number of nitrogens with zero attached hydrogens (tertiary/aromatic N) is 1. The number of amides is 1. The molecule has 126 valence electrons. The van der Waals surface area contributed by atoms with Gasteiger partial charge < -0.3 is 20.1 Å². The summed E-state index contributed by atoms with van der Waals surface area (Å²) in [6, 6.07) is 9.30. The number of rotatable bonds is 5. The second-order valence-electron chi connectivity index (χ2n) is 4.96. The highest BCUT2D eigenvalue weighted by molar-refractivity contribution is 6.01. The van der Waals surface area contributed by atoms with Crippen molar-refractivity contribution in [3.8, 4) is 23.0 Å². The third-order valence-electron chi connectivity index (χ3n) is 3.24. The molecule has 2 rings (SSSR count). The zero-order valence-corrected chi connectivity index (χ0v) is 13.3. The van der Waals surface area contributed by atoms with Crippen LogP contribution in [0.25, 0.3) is 0 Å². The maximum absolute atomic E-state index is 12.0. The normalized spacial score (nSPS) is 11.2. The summed E-state index contributed by atoms with van der Waals surface area (Å²) >= 11 is 0. The van der Waals surface area contributed by atoms with Gasteiger partial charge in [-0.05, 0) is 55.8 Å². The van der Waals surface area contributed by atoms with Crippen LogP contribution in [0.2, 0.25) is 0 Å². The Morgan fingerprint density at radius 3 is 2.21 bits per heavy atom. The molecular weight excluding hydrogens is 312 g/mol. The summed E-state index contributed by atoms with van der Waals surface area (Å²) in [4.78, 5) is 12.0. The predicted molar refractivity (Wildman–Crippen MR) is 88.7 cm³/mol. The standard InChI is InChI=1S/C17H18N2O5/c1-3-24-13-6-4-11(5-7-13)10(2)18-19-17(23)12-8-14(20)16(22)15(21)9-12/h4-9,20-22H,3H2,1-2H3,(H,19,23)/b18-10+. The van der Waals surface area contributed by atoms with E-state index in [1.165, 1.54) is 0 Å². The molecule has 7 heteroatoms. The molecule has 0 aliphatic heterocycles. The maximum atomic E-state index is 12.0. The number of carbonyl (C=O) groups is 1. The van der Waals surface area contributed by atoms with E-state index in [2.05, 4.69) is 10.5 Å². The quantitative estimate of drug-likeness (QED) is 0.382. The number of aromatic hydroxyl groups is 3. The lowest BCUT2D eigenvalue weighted by atomic mass is 10.1. The molecule has 0 aliphatic carbocycles. The first-order valence-corrected chi connectivity index (χ1v) is 7.25. The molecule has 0 saturated carbocycles. The molecule has 0 atom stereocenters. The lowest BCUT2D eigenvalue weighted by Crippen LogP contribution is -2.19. The van der Waals surface area contributed by atoms with E-state index in [0.717, 1.165) is 23.4 Å². The Kier molecular flexibility index (Phi) is 5.26. The Bertz CT molecular complexity index is 746. The first-order valence-electron chi connectivity index (χ1n) is 7.25. The number of carbonyl (C=O) groups excluding carboxylic acids is 1. The van der Waals surface area contributed by atoms with Crippen LogP contribution in [0.1, 0.15) is 29.8 Å². The van der Waals surface area contributed by atoms with Gasteiger partial charge in [-0.1, -0.05) is 0 Å². The van der Waals surface area contributed by atoms with Gasteiger partial charge in [0.15, 0.2) is 17.2 Å². The van der Waals surface area contributed by atoms with Gasteiger partial charge >= 0.3 is 0 Å². The second-order valence-corrected chi connectivity index (χ2v) is 4.96. The molecule has 2 aromatic rings. The van der Waals surface area contributed by atoms with Crippen molar-refractivity contribution in [1.82, 2.24) is 5.43 Å². The molecule has 1 amide bonds. The summed E-state index contributed by atoms with van der Waals surface area (Å²) in [7, 11) is 0. The molecule has 0 spiro atoms. The van der Waals surface area contributed by atoms with Gasteiger partial charge in [0, 0.05) is 5.56 Å². The van der Waals surface area contributed by atoms with Crippen LogP contribution in [0.5, 0.6) is 23.0 Å². The molecule has 0 fully saturated rings. The van der Waals surface area contributed by atoms with E-state index in [9.17, 15) is 20.1 Å². The lowest BCUT2D eigenvalue weighted by Gasteiger charge is -2.07. The van der Waals surface area contributed by atoms with Crippen LogP contribution in [0.4, 0.5) is 0 Å². The van der Waals surface area contributed by atoms with Crippen LogP contribution in [0.3, 0.4) is 0 Å². The maximum Gasteiger partial charge on any atom is 0.271 e. The minimum Gasteiger partial charge on any atom is -0.504 e. The zero-order chi connectivity index (χ0) is 17.7. The molecule has 4 N–H and O–H groups in total. The van der Waals surface area contributed by atoms with Crippen molar-refractivity contribution >= 4 is 11.6 Å². The molecule has 0 unspecified atom stereocenters. The number of nitrogens with one attached hydrogen (secondary N) is 1. The van der Waals surface area contributed by atoms with Crippen LogP contribution in [0.15, 0.2) is 41.5 Å². The summed E-state index contributed by atoms with van der Waals surface area (Å²) in [6.45, 7) is 4.20. The fourth-order valence-electron chi connectivity index (χ4n) is 1.96. The number of hydrogen-bond donors (Lipinski definition) is 4. The summed E-state index contributed by atoms with van der Waals surface area (Å²) in [6.07, 6.45) is 0. The number of phenols is 3. The number of hydrogen-bond acceptors (Lipinski definition) is 6. The van der Waals surface area contributed by atoms with Crippen molar-refractivity contribution in [2.45, 2.75) is 13.8 Å². The van der Waals surface area contributed by atoms with Crippen LogP contribution >= 0.6 is 0 Å². The zero-order valence-electron chi connectivity index (χ0n) is 13.3. The topological polar surface area (TPSA) is 111 Å². The molecule has 0 bridgehead atoms. The fraction of sp³-hybridized carbons (Fsp3) is 0.176. The molecule has 0 heterocycles. The van der Waals surface area contributed by atoms with E-state index in [0.29, 0.717) is 12.3 Å². The van der Waals surface area contributed by atoms with Crippen molar-refractivity contribution in [3.63, 3.8) is 0 Å². The predicted octanol–water partition coefficient (Wildman–Crippen LogP) is 2.36. The van der Waals surface area contributed by atoms with Gasteiger partial charge in [-0.3, -0.25) is 4.79 Å². The third kappa shape index (κ3) is 3.95. The van der Waals surface area contributed by atoms with Crippen molar-refractivity contribution < 1.29 is 24.9 Å². The van der Waals surface area contributed by atoms with Crippen LogP contribution < -0.4 is 10.2 Å². The van der Waals surface area contributed by atoms with Gasteiger partial charge in [0.05, 0.1) is 12.3 Å². The summed E-state index contributed by atoms with van der Waals surface area (Å²) in [5, 5.41) is 32.1. The smallest absolute Gasteiger partial charge is 0.271 e. The minimum absolute atomic E-state index is 0.0361. The Morgan fingerprint density at radius 2 is 1.67 bits per heavy atom. The van der Waals surface area contributed by atoms with Gasteiger partial charge in [-0.25, -0.2) is 5.43 Å². The van der Waals surface area contributed by atoms with Crippen LogP contribution in [-0.4, -0.2) is 33.5 Å². The number of benzene rings is 2. The van der Waals surface area contributed by atoms with Gasteiger partial charge in [0.25, 0.3) is 5.91 Å². The summed E-state index contributed by atoms with van der Waals surface area (Å²) in [5.41, 5.74) is 3.66. The highest BCUT2D eigenvalue weighted by atomic mass is 16.5. The lowest BCUT2D eigenvalue weighted by molar-refractivity contribution is 0.0954. The first-order chi connectivity index (χ1) is 11.4. The van der Waals surface area contributed by atoms with Gasteiger partial charge in [0.1, 0.15) is 5.75 Å². The third-order valence-corrected chi connectivity index (χ3v) is 3.24. The monoisotopic (exact) mass is 330 g/mol. The summed E-state index contributed by atoms with van der Waals surface area (Å²) in [5.74, 6) is -1.75. The first kappa shape index (κ1) is 17.1. The molecule has 0 aliphatic rings. The van der Waals surface area contributed by atoms with Gasteiger partial charge in [0.2, 0.25) is 0 Å². The number of ether oxygens (including phenoxy) is 1. The molecule has 0 radical (unpaired) electrons. The number of hydrazone groups is 1. The second kappa shape index (κ2) is 7.36. The molecule has 24 heavy (non-hydrogen) atoms. The highest BCUT2D eigenvalue weighted by Crippen LogP contribution is 2.35. The summed E-state index contributed by atoms with van der Waals surface area (Å²) < 4.78 is 5.35. The molecule has 0 saturated heterocycles. The Labute approximate surface area is 138 Å². The van der Waals surface area contributed by atoms with Crippen molar-refractivity contribution in [1.29, 1.82) is 0 Å². The van der Waals surface area contributed by atoms with Crippen molar-refractivity contribution in [3.05, 3.63) is 47.5 Å². The Morgan fingerprint density at radius 1 is 1.08 bits per heavy atom. The molecule has 2 aromatic carbocycles. The van der Waals surface area contributed by atoms with Crippen LogP contribution in [-0.2, 0) is 0 Å². The fourth-order valence-corrected chi connectivity index (χ4v) is 1.96. The van der Waals surface area contributed by atoms with E-state index in [1.54, 1.807) is 19.1 Å². The van der Waals surface area contributed by atoms with Gasteiger partial charge in [-0.15, -0.1) is 0 Å². The van der Waals surface area contributed by atoms with E-state index < -0.39 is 23.2 Å². The van der Waals surface area contributed by atoms with E-state index in [1.807, 2.05) is 19.1 Å². The highest BCUT2D eigenvalue weighted by Gasteiger charge is 2.13. The molecule has 7 nitrogen and oxygen atoms in total. The van der Waals surface area contributed by atoms with E-state index in [-0.39, 0.29) is 5.56 Å². The SMILES string of the molecule is CCOc1ccc(/C(C)=N/NC(=O)c2cc(O)c(O)c(O)c2)cc1. The largest absolute Gasteiger partial charge is 0.504 e. The van der Waals surface area contributed by atoms with Crippen molar-refractivity contribution in [2.75, 3.05) is 6.61 Å². The molecular formula is C17H18N2O5. The van der Waals surface area contributed by atoms with E-state index >= 15 is 0 Å². The average molecular weight is 330 g/mol. The average Bonchev–Trinajstić information content (AvgIpc) is 2.57. The minimum atomic E-state index is -0.680. The van der Waals surface area contributed by atoms with E-state index in [4.69, 9.17) is 4.74 Å². The van der Waals surface area contributed by atoms with Crippen molar-refractivity contribution in [2.24, 2.45) is 5.10 Å². The molecule has 0 aromatic heterocycles. The van der Waals surface area contributed by atoms with Crippen LogP contribution in [0, 0.1) is 0 Å². The number of phenolic OH excluding ortho intramolecular Hbond substituents is 3.